The molecule has 2 N–H and O–H groups in total. The fraction of sp³-hybridized carbons (Fsp3) is 0.300. The summed E-state index contributed by atoms with van der Waals surface area (Å²) < 4.78 is 21.1. The van der Waals surface area contributed by atoms with Crippen LogP contribution in [0.3, 0.4) is 0 Å². The van der Waals surface area contributed by atoms with Crippen molar-refractivity contribution >= 4 is 34.4 Å². The van der Waals surface area contributed by atoms with Crippen molar-refractivity contribution in [3.05, 3.63) is 63.9 Å². The lowest BCUT2D eigenvalue weighted by Gasteiger charge is -2.43. The van der Waals surface area contributed by atoms with Gasteiger partial charge < -0.3 is 10.1 Å². The first kappa shape index (κ1) is 19.0. The Balaban J connectivity index is 1.48. The van der Waals surface area contributed by atoms with Crippen LogP contribution in [0.1, 0.15) is 24.8 Å². The first-order chi connectivity index (χ1) is 13.6. The van der Waals surface area contributed by atoms with Crippen molar-refractivity contribution in [1.29, 1.82) is 0 Å². The Hall–Kier alpha value is -2.29. The Kier molecular flexibility index (Phi) is 5.43. The zero-order valence-corrected chi connectivity index (χ0v) is 17.1. The molecular formula is C20H21FN4OS2. The monoisotopic (exact) mass is 416 g/mol. The van der Waals surface area contributed by atoms with Crippen LogP contribution in [0, 0.1) is 9.77 Å². The predicted molar refractivity (Wildman–Crippen MR) is 112 cm³/mol. The van der Waals surface area contributed by atoms with Gasteiger partial charge in [-0.1, -0.05) is 35.6 Å². The van der Waals surface area contributed by atoms with Crippen molar-refractivity contribution < 1.29 is 9.13 Å². The number of hydrogen-bond donors (Lipinski definition) is 2. The van der Waals surface area contributed by atoms with Gasteiger partial charge in [-0.25, -0.2) is 9.07 Å². The molecule has 1 heterocycles. The molecule has 4 rings (SSSR count). The molecule has 0 amide bonds. The molecule has 0 saturated heterocycles. The van der Waals surface area contributed by atoms with Crippen LogP contribution in [-0.2, 0) is 12.2 Å². The molecule has 1 saturated carbocycles. The Morgan fingerprint density at radius 2 is 1.96 bits per heavy atom. The minimum absolute atomic E-state index is 0.137. The first-order valence-corrected chi connectivity index (χ1v) is 10.3. The van der Waals surface area contributed by atoms with E-state index in [9.17, 15) is 4.39 Å². The van der Waals surface area contributed by atoms with E-state index in [-0.39, 0.29) is 11.4 Å². The maximum absolute atomic E-state index is 13.3. The lowest BCUT2D eigenvalue weighted by atomic mass is 9.72. The average Bonchev–Trinajstić information content (AvgIpc) is 3.02. The third-order valence-electron chi connectivity index (χ3n) is 5.13. The zero-order valence-electron chi connectivity index (χ0n) is 15.4. The highest BCUT2D eigenvalue weighted by molar-refractivity contribution is 7.73. The Labute approximate surface area is 172 Å². The summed E-state index contributed by atoms with van der Waals surface area (Å²) in [6.45, 7) is 0.500. The van der Waals surface area contributed by atoms with Gasteiger partial charge in [-0.05, 0) is 61.3 Å². The van der Waals surface area contributed by atoms with E-state index in [1.54, 1.807) is 11.8 Å². The van der Waals surface area contributed by atoms with E-state index in [1.165, 1.54) is 23.5 Å². The fourth-order valence-corrected chi connectivity index (χ4v) is 4.43. The number of methoxy groups -OCH3 is 1. The van der Waals surface area contributed by atoms with Crippen LogP contribution in [0.25, 0.3) is 0 Å². The molecule has 1 aliphatic carbocycles. The molecule has 28 heavy (non-hydrogen) atoms. The maximum Gasteiger partial charge on any atom is 0.209 e. The number of aromatic nitrogens is 2. The lowest BCUT2D eigenvalue weighted by molar-refractivity contribution is 0.166. The summed E-state index contributed by atoms with van der Waals surface area (Å²) >= 11 is 6.90. The minimum Gasteiger partial charge on any atom is -0.495 e. The van der Waals surface area contributed by atoms with Crippen molar-refractivity contribution in [1.82, 2.24) is 15.1 Å². The van der Waals surface area contributed by atoms with Gasteiger partial charge in [0, 0.05) is 5.54 Å². The molecule has 1 fully saturated rings. The summed E-state index contributed by atoms with van der Waals surface area (Å²) in [5, 5.41) is 12.2. The summed E-state index contributed by atoms with van der Waals surface area (Å²) in [6.07, 6.45) is 3.18. The van der Waals surface area contributed by atoms with Crippen LogP contribution in [0.4, 0.5) is 15.2 Å². The maximum atomic E-state index is 13.3. The van der Waals surface area contributed by atoms with Gasteiger partial charge in [-0.2, -0.15) is 0 Å². The number of nitrogens with zero attached hydrogens (tertiary/aromatic N) is 2. The number of benzene rings is 2. The second kappa shape index (κ2) is 7.98. The number of nitrogens with one attached hydrogen (secondary N) is 2. The van der Waals surface area contributed by atoms with Crippen molar-refractivity contribution in [2.75, 3.05) is 12.4 Å². The number of para-hydroxylation sites is 2. The van der Waals surface area contributed by atoms with Crippen LogP contribution in [-0.4, -0.2) is 16.9 Å². The standard InChI is InChI=1S/C20H21FN4OS2/c1-26-17-6-3-2-5-16(17)23-18-24-25(19(27)28-18)13-22-20(11-4-12-20)14-7-9-15(21)10-8-14/h2-3,5-10,22H,4,11-13H2,1H3,(H,23,24). The van der Waals surface area contributed by atoms with E-state index in [4.69, 9.17) is 17.0 Å². The van der Waals surface area contributed by atoms with Crippen LogP contribution in [0.15, 0.2) is 48.5 Å². The highest BCUT2D eigenvalue weighted by atomic mass is 32.1. The molecule has 146 valence electrons. The molecule has 3 aromatic rings. The van der Waals surface area contributed by atoms with Crippen LogP contribution in [0.5, 0.6) is 5.75 Å². The Morgan fingerprint density at radius 3 is 2.64 bits per heavy atom. The molecule has 0 spiro atoms. The van der Waals surface area contributed by atoms with Gasteiger partial charge in [0.05, 0.1) is 19.5 Å². The van der Waals surface area contributed by atoms with E-state index < -0.39 is 0 Å². The molecule has 2 aromatic carbocycles. The molecule has 1 aliphatic rings. The molecule has 0 bridgehead atoms. The van der Waals surface area contributed by atoms with E-state index in [2.05, 4.69) is 15.7 Å². The molecule has 0 aliphatic heterocycles. The second-order valence-corrected chi connectivity index (χ2v) is 8.40. The topological polar surface area (TPSA) is 51.1 Å². The normalized spacial score (nSPS) is 15.1. The van der Waals surface area contributed by atoms with Crippen LogP contribution in [0.2, 0.25) is 0 Å². The second-order valence-electron chi connectivity index (χ2n) is 6.78. The molecule has 8 heteroatoms. The van der Waals surface area contributed by atoms with Crippen molar-refractivity contribution in [2.45, 2.75) is 31.5 Å². The molecule has 1 aromatic heterocycles. The quantitative estimate of drug-likeness (QED) is 0.519. The Morgan fingerprint density at radius 1 is 1.21 bits per heavy atom. The minimum atomic E-state index is -0.216. The van der Waals surface area contributed by atoms with Gasteiger partial charge in [0.25, 0.3) is 0 Å². The summed E-state index contributed by atoms with van der Waals surface area (Å²) in [7, 11) is 1.64. The van der Waals surface area contributed by atoms with Crippen molar-refractivity contribution in [3.63, 3.8) is 0 Å². The molecular weight excluding hydrogens is 395 g/mol. The summed E-state index contributed by atoms with van der Waals surface area (Å²) in [6, 6.07) is 14.4. The summed E-state index contributed by atoms with van der Waals surface area (Å²) in [5.74, 6) is 0.532. The van der Waals surface area contributed by atoms with E-state index in [0.29, 0.717) is 15.8 Å². The molecule has 5 nitrogen and oxygen atoms in total. The number of anilines is 2. The van der Waals surface area contributed by atoms with Gasteiger partial charge in [0.2, 0.25) is 5.13 Å². The smallest absolute Gasteiger partial charge is 0.209 e. The number of rotatable bonds is 7. The highest BCUT2D eigenvalue weighted by Gasteiger charge is 2.38. The summed E-state index contributed by atoms with van der Waals surface area (Å²) in [5.41, 5.74) is 1.81. The first-order valence-electron chi connectivity index (χ1n) is 9.09. The molecule has 0 atom stereocenters. The number of hydrogen-bond acceptors (Lipinski definition) is 6. The van der Waals surface area contributed by atoms with Crippen molar-refractivity contribution in [2.24, 2.45) is 0 Å². The zero-order chi connectivity index (χ0) is 19.6. The third-order valence-corrected chi connectivity index (χ3v) is 6.35. The SMILES string of the molecule is COc1ccccc1Nc1nn(CNC2(c3ccc(F)cc3)CCC2)c(=S)s1. The Bertz CT molecular complexity index is 1010. The molecule has 0 unspecified atom stereocenters. The predicted octanol–water partition coefficient (Wildman–Crippen LogP) is 5.19. The number of ether oxygens (including phenoxy) is 1. The number of halogens is 1. The van der Waals surface area contributed by atoms with Crippen LogP contribution >= 0.6 is 23.6 Å². The largest absolute Gasteiger partial charge is 0.495 e. The van der Waals surface area contributed by atoms with Gasteiger partial charge in [-0.3, -0.25) is 5.32 Å². The van der Waals surface area contributed by atoms with E-state index in [1.807, 2.05) is 36.4 Å². The van der Waals surface area contributed by atoms with Crippen molar-refractivity contribution in [3.8, 4) is 5.75 Å². The fourth-order valence-electron chi connectivity index (χ4n) is 3.41. The molecule has 0 radical (unpaired) electrons. The van der Waals surface area contributed by atoms with Gasteiger partial charge in [0.1, 0.15) is 11.6 Å². The van der Waals surface area contributed by atoms with Gasteiger partial charge >= 0.3 is 0 Å². The highest BCUT2D eigenvalue weighted by Crippen LogP contribution is 2.41. The van der Waals surface area contributed by atoms with Crippen LogP contribution < -0.4 is 15.4 Å². The van der Waals surface area contributed by atoms with Gasteiger partial charge in [-0.15, -0.1) is 5.10 Å². The third kappa shape index (κ3) is 3.80. The average molecular weight is 417 g/mol. The lowest BCUT2D eigenvalue weighted by Crippen LogP contribution is -2.48. The van der Waals surface area contributed by atoms with E-state index >= 15 is 0 Å². The summed E-state index contributed by atoms with van der Waals surface area (Å²) in [4.78, 5) is 0. The van der Waals surface area contributed by atoms with Gasteiger partial charge in [0.15, 0.2) is 3.95 Å². The van der Waals surface area contributed by atoms with E-state index in [0.717, 1.165) is 36.3 Å².